The van der Waals surface area contributed by atoms with Gasteiger partial charge < -0.3 is 15.3 Å². The summed E-state index contributed by atoms with van der Waals surface area (Å²) in [5.41, 5.74) is 1.85. The van der Waals surface area contributed by atoms with E-state index in [0.29, 0.717) is 6.54 Å². The monoisotopic (exact) mass is 248 g/mol. The van der Waals surface area contributed by atoms with Crippen molar-refractivity contribution in [1.29, 1.82) is 0 Å². The number of carbonyl (C=O) groups is 1. The predicted molar refractivity (Wildman–Crippen MR) is 71.5 cm³/mol. The Morgan fingerprint density at radius 3 is 2.89 bits per heavy atom. The Morgan fingerprint density at radius 2 is 2.22 bits per heavy atom. The number of aliphatic hydroxyl groups is 1. The van der Waals surface area contributed by atoms with Gasteiger partial charge in [-0.3, -0.25) is 4.79 Å². The number of rotatable bonds is 3. The second kappa shape index (κ2) is 5.40. The molecule has 1 aliphatic rings. The van der Waals surface area contributed by atoms with Gasteiger partial charge in [-0.1, -0.05) is 25.1 Å². The fourth-order valence-corrected chi connectivity index (χ4v) is 2.51. The smallest absolute Gasteiger partial charge is 0.242 e. The molecule has 2 rings (SSSR count). The van der Waals surface area contributed by atoms with Gasteiger partial charge in [-0.05, 0) is 19.4 Å². The molecule has 0 saturated carbocycles. The third-order valence-corrected chi connectivity index (χ3v) is 3.41. The molecule has 0 aliphatic carbocycles. The molecule has 1 amide bonds. The normalized spacial score (nSPS) is 21.6. The van der Waals surface area contributed by atoms with Crippen molar-refractivity contribution in [2.24, 2.45) is 0 Å². The van der Waals surface area contributed by atoms with Crippen molar-refractivity contribution in [3.63, 3.8) is 0 Å². The number of aliphatic hydroxyl groups excluding tert-OH is 1. The van der Waals surface area contributed by atoms with E-state index < -0.39 is 6.10 Å². The predicted octanol–water partition coefficient (Wildman–Crippen LogP) is 1.45. The summed E-state index contributed by atoms with van der Waals surface area (Å²) in [6.07, 6.45) is 0.240. The van der Waals surface area contributed by atoms with E-state index in [1.54, 1.807) is 6.92 Å². The largest absolute Gasteiger partial charge is 0.389 e. The molecule has 4 heteroatoms. The van der Waals surface area contributed by atoms with Gasteiger partial charge in [-0.15, -0.1) is 0 Å². The Kier molecular flexibility index (Phi) is 3.87. The summed E-state index contributed by atoms with van der Waals surface area (Å²) < 4.78 is 0. The van der Waals surface area contributed by atoms with E-state index in [1.165, 1.54) is 0 Å². The minimum Gasteiger partial charge on any atom is -0.389 e. The fourth-order valence-electron chi connectivity index (χ4n) is 2.51. The topological polar surface area (TPSA) is 52.6 Å². The van der Waals surface area contributed by atoms with Crippen molar-refractivity contribution in [2.45, 2.75) is 32.4 Å². The van der Waals surface area contributed by atoms with Gasteiger partial charge in [-0.25, -0.2) is 0 Å². The number of hydrogen-bond acceptors (Lipinski definition) is 3. The summed E-state index contributed by atoms with van der Waals surface area (Å²) in [4.78, 5) is 14.0. The maximum atomic E-state index is 11.9. The summed E-state index contributed by atoms with van der Waals surface area (Å²) in [6.45, 7) is 5.20. The van der Waals surface area contributed by atoms with Crippen LogP contribution in [0.1, 0.15) is 31.9 Å². The first-order valence-electron chi connectivity index (χ1n) is 6.46. The van der Waals surface area contributed by atoms with E-state index in [4.69, 9.17) is 0 Å². The first kappa shape index (κ1) is 12.9. The van der Waals surface area contributed by atoms with E-state index in [9.17, 15) is 9.90 Å². The SMILES string of the molecule is CCC1C(=O)NCCN1c1ccccc1[C@@H](C)O. The van der Waals surface area contributed by atoms with Crippen LogP contribution in [-0.4, -0.2) is 30.1 Å². The number of para-hydroxylation sites is 1. The molecular weight excluding hydrogens is 228 g/mol. The molecular formula is C14H20N2O2. The highest BCUT2D eigenvalue weighted by molar-refractivity contribution is 5.86. The quantitative estimate of drug-likeness (QED) is 0.851. The Morgan fingerprint density at radius 1 is 1.50 bits per heavy atom. The van der Waals surface area contributed by atoms with Crippen LogP contribution in [0.4, 0.5) is 5.69 Å². The molecule has 2 N–H and O–H groups in total. The molecule has 4 nitrogen and oxygen atoms in total. The summed E-state index contributed by atoms with van der Waals surface area (Å²) >= 11 is 0. The van der Waals surface area contributed by atoms with Gasteiger partial charge in [0, 0.05) is 24.3 Å². The van der Waals surface area contributed by atoms with Crippen molar-refractivity contribution in [2.75, 3.05) is 18.0 Å². The second-order valence-corrected chi connectivity index (χ2v) is 4.64. The summed E-state index contributed by atoms with van der Waals surface area (Å²) in [7, 11) is 0. The standard InChI is InChI=1S/C14H20N2O2/c1-3-12-14(18)15-8-9-16(12)13-7-5-4-6-11(13)10(2)17/h4-7,10,12,17H,3,8-9H2,1-2H3,(H,15,18)/t10-,12?/m1/s1. The number of nitrogens with zero attached hydrogens (tertiary/aromatic N) is 1. The minimum atomic E-state index is -0.524. The van der Waals surface area contributed by atoms with Gasteiger partial charge in [0.25, 0.3) is 0 Å². The summed E-state index contributed by atoms with van der Waals surface area (Å²) in [6, 6.07) is 7.61. The van der Waals surface area contributed by atoms with Crippen LogP contribution in [0.3, 0.4) is 0 Å². The molecule has 1 aromatic rings. The van der Waals surface area contributed by atoms with Gasteiger partial charge in [-0.2, -0.15) is 0 Å². The number of piperazine rings is 1. The second-order valence-electron chi connectivity index (χ2n) is 4.64. The van der Waals surface area contributed by atoms with Gasteiger partial charge in [0.1, 0.15) is 6.04 Å². The van der Waals surface area contributed by atoms with Crippen LogP contribution in [0.2, 0.25) is 0 Å². The summed E-state index contributed by atoms with van der Waals surface area (Å²) in [5.74, 6) is 0.0733. The van der Waals surface area contributed by atoms with Gasteiger partial charge in [0.2, 0.25) is 5.91 Å². The van der Waals surface area contributed by atoms with Crippen molar-refractivity contribution in [3.05, 3.63) is 29.8 Å². The zero-order valence-electron chi connectivity index (χ0n) is 10.9. The highest BCUT2D eigenvalue weighted by Gasteiger charge is 2.29. The number of benzene rings is 1. The Balaban J connectivity index is 2.37. The van der Waals surface area contributed by atoms with E-state index in [2.05, 4.69) is 10.2 Å². The average molecular weight is 248 g/mol. The number of nitrogens with one attached hydrogen (secondary N) is 1. The van der Waals surface area contributed by atoms with Crippen LogP contribution in [0.25, 0.3) is 0 Å². The van der Waals surface area contributed by atoms with Crippen molar-refractivity contribution in [3.8, 4) is 0 Å². The number of anilines is 1. The van der Waals surface area contributed by atoms with E-state index in [0.717, 1.165) is 24.2 Å². The van der Waals surface area contributed by atoms with Crippen LogP contribution >= 0.6 is 0 Å². The van der Waals surface area contributed by atoms with Crippen LogP contribution < -0.4 is 10.2 Å². The first-order chi connectivity index (χ1) is 8.65. The molecule has 1 saturated heterocycles. The molecule has 1 aliphatic heterocycles. The molecule has 1 unspecified atom stereocenters. The highest BCUT2D eigenvalue weighted by atomic mass is 16.3. The van der Waals surface area contributed by atoms with Gasteiger partial charge in [0.05, 0.1) is 6.10 Å². The zero-order chi connectivity index (χ0) is 13.1. The van der Waals surface area contributed by atoms with Crippen LogP contribution in [0.5, 0.6) is 0 Å². The van der Waals surface area contributed by atoms with Crippen LogP contribution in [-0.2, 0) is 4.79 Å². The maximum absolute atomic E-state index is 11.9. The molecule has 1 heterocycles. The van der Waals surface area contributed by atoms with Crippen molar-refractivity contribution >= 4 is 11.6 Å². The molecule has 0 bridgehead atoms. The molecule has 0 aromatic heterocycles. The molecule has 0 radical (unpaired) electrons. The highest BCUT2D eigenvalue weighted by Crippen LogP contribution is 2.29. The molecule has 1 fully saturated rings. The summed E-state index contributed by atoms with van der Waals surface area (Å²) in [5, 5.41) is 12.7. The fraction of sp³-hybridized carbons (Fsp3) is 0.500. The number of hydrogen-bond donors (Lipinski definition) is 2. The maximum Gasteiger partial charge on any atom is 0.242 e. The van der Waals surface area contributed by atoms with Crippen LogP contribution in [0, 0.1) is 0 Å². The molecule has 2 atom stereocenters. The lowest BCUT2D eigenvalue weighted by Gasteiger charge is -2.37. The Bertz CT molecular complexity index is 432. The van der Waals surface area contributed by atoms with Gasteiger partial charge in [0.15, 0.2) is 0 Å². The van der Waals surface area contributed by atoms with E-state index in [1.807, 2.05) is 31.2 Å². The Hall–Kier alpha value is -1.55. The lowest BCUT2D eigenvalue weighted by molar-refractivity contribution is -0.123. The average Bonchev–Trinajstić information content (AvgIpc) is 2.38. The van der Waals surface area contributed by atoms with E-state index >= 15 is 0 Å². The van der Waals surface area contributed by atoms with Crippen LogP contribution in [0.15, 0.2) is 24.3 Å². The lowest BCUT2D eigenvalue weighted by atomic mass is 10.0. The minimum absolute atomic E-state index is 0.0733. The third-order valence-electron chi connectivity index (χ3n) is 3.41. The number of carbonyl (C=O) groups excluding carboxylic acids is 1. The first-order valence-corrected chi connectivity index (χ1v) is 6.46. The zero-order valence-corrected chi connectivity index (χ0v) is 10.9. The molecule has 1 aromatic carbocycles. The van der Waals surface area contributed by atoms with Crippen molar-refractivity contribution in [1.82, 2.24) is 5.32 Å². The van der Waals surface area contributed by atoms with Crippen molar-refractivity contribution < 1.29 is 9.90 Å². The number of amides is 1. The molecule has 18 heavy (non-hydrogen) atoms. The Labute approximate surface area is 108 Å². The lowest BCUT2D eigenvalue weighted by Crippen LogP contribution is -2.55. The molecule has 98 valence electrons. The van der Waals surface area contributed by atoms with Gasteiger partial charge >= 0.3 is 0 Å². The van der Waals surface area contributed by atoms with E-state index in [-0.39, 0.29) is 11.9 Å². The molecule has 0 spiro atoms. The third kappa shape index (κ3) is 2.34.